The number of carbonyl (C=O) groups excluding carboxylic acids is 2. The van der Waals surface area contributed by atoms with Gasteiger partial charge in [0.25, 0.3) is 0 Å². The van der Waals surface area contributed by atoms with Crippen molar-refractivity contribution >= 4 is 11.8 Å². The Kier molecular flexibility index (Phi) is 6.16. The van der Waals surface area contributed by atoms with Gasteiger partial charge in [0.2, 0.25) is 11.8 Å². The zero-order chi connectivity index (χ0) is 19.2. The molecule has 0 unspecified atom stereocenters. The summed E-state index contributed by atoms with van der Waals surface area (Å²) in [4.78, 5) is 28.2. The summed E-state index contributed by atoms with van der Waals surface area (Å²) < 4.78 is 26.1. The summed E-state index contributed by atoms with van der Waals surface area (Å²) in [6.45, 7) is 1.96. The molecule has 0 atom stereocenters. The van der Waals surface area contributed by atoms with E-state index in [9.17, 15) is 18.4 Å². The van der Waals surface area contributed by atoms with E-state index in [1.165, 1.54) is 24.3 Å². The molecule has 1 fully saturated rings. The molecule has 2 amide bonds. The first kappa shape index (κ1) is 19.0. The Hall–Kier alpha value is -2.76. The summed E-state index contributed by atoms with van der Waals surface area (Å²) in [6, 6.07) is 12.2. The molecule has 2 aromatic rings. The number of piperazine rings is 1. The molecule has 2 aromatic carbocycles. The molecule has 1 aliphatic rings. The van der Waals surface area contributed by atoms with Crippen LogP contribution in [0.2, 0.25) is 0 Å². The van der Waals surface area contributed by atoms with Crippen molar-refractivity contribution in [3.8, 4) is 0 Å². The Morgan fingerprint density at radius 1 is 0.778 bits per heavy atom. The second-order valence-corrected chi connectivity index (χ2v) is 6.69. The fourth-order valence-corrected chi connectivity index (χ4v) is 3.20. The Labute approximate surface area is 157 Å². The number of benzene rings is 2. The van der Waals surface area contributed by atoms with E-state index in [0.717, 1.165) is 5.56 Å². The van der Waals surface area contributed by atoms with Gasteiger partial charge in [-0.1, -0.05) is 24.3 Å². The van der Waals surface area contributed by atoms with E-state index in [-0.39, 0.29) is 29.9 Å². The number of rotatable bonds is 5. The molecule has 0 N–H and O–H groups in total. The van der Waals surface area contributed by atoms with Crippen LogP contribution < -0.4 is 0 Å². The second kappa shape index (κ2) is 8.75. The quantitative estimate of drug-likeness (QED) is 0.810. The Morgan fingerprint density at radius 3 is 2.04 bits per heavy atom. The standard InChI is InChI=1S/C21H22F2N2O2/c22-18-7-4-16(5-8-18)6-9-20(26)24-10-12-25(13-11-24)21(27)15-17-2-1-3-19(23)14-17/h1-5,7-8,14H,6,9-13,15H2. The molecule has 1 heterocycles. The predicted molar refractivity (Wildman–Crippen MR) is 98.0 cm³/mol. The van der Waals surface area contributed by atoms with Crippen molar-refractivity contribution in [3.05, 3.63) is 71.3 Å². The highest BCUT2D eigenvalue weighted by Crippen LogP contribution is 2.11. The molecule has 142 valence electrons. The van der Waals surface area contributed by atoms with Crippen LogP contribution in [-0.4, -0.2) is 47.8 Å². The average Bonchev–Trinajstić information content (AvgIpc) is 2.67. The summed E-state index contributed by atoms with van der Waals surface area (Å²) in [5.41, 5.74) is 1.58. The van der Waals surface area contributed by atoms with Crippen molar-refractivity contribution in [2.75, 3.05) is 26.2 Å². The minimum absolute atomic E-state index is 0.0385. The maximum absolute atomic E-state index is 13.2. The molecular formula is C21H22F2N2O2. The minimum Gasteiger partial charge on any atom is -0.339 e. The normalized spacial score (nSPS) is 14.3. The highest BCUT2D eigenvalue weighted by Gasteiger charge is 2.24. The van der Waals surface area contributed by atoms with Gasteiger partial charge in [0.15, 0.2) is 0 Å². The van der Waals surface area contributed by atoms with Crippen molar-refractivity contribution in [1.82, 2.24) is 9.80 Å². The highest BCUT2D eigenvalue weighted by atomic mass is 19.1. The Balaban J connectivity index is 1.44. The lowest BCUT2D eigenvalue weighted by molar-refractivity contribution is -0.139. The van der Waals surface area contributed by atoms with E-state index in [1.807, 2.05) is 0 Å². The van der Waals surface area contributed by atoms with Gasteiger partial charge in [-0.3, -0.25) is 9.59 Å². The Bertz CT molecular complexity index is 800. The van der Waals surface area contributed by atoms with Crippen molar-refractivity contribution in [2.45, 2.75) is 19.3 Å². The molecular weight excluding hydrogens is 350 g/mol. The summed E-state index contributed by atoms with van der Waals surface area (Å²) in [6.07, 6.45) is 1.09. The molecule has 1 saturated heterocycles. The van der Waals surface area contributed by atoms with Gasteiger partial charge in [-0.25, -0.2) is 8.78 Å². The van der Waals surface area contributed by atoms with Crippen molar-refractivity contribution in [2.24, 2.45) is 0 Å². The SMILES string of the molecule is O=C(CCc1ccc(F)cc1)N1CCN(C(=O)Cc2cccc(F)c2)CC1. The lowest BCUT2D eigenvalue weighted by atomic mass is 10.1. The molecule has 1 aliphatic heterocycles. The molecule has 0 saturated carbocycles. The predicted octanol–water partition coefficient (Wildman–Crippen LogP) is 2.81. The van der Waals surface area contributed by atoms with Gasteiger partial charge in [0.05, 0.1) is 6.42 Å². The largest absolute Gasteiger partial charge is 0.339 e. The van der Waals surface area contributed by atoms with Gasteiger partial charge in [-0.2, -0.15) is 0 Å². The second-order valence-electron chi connectivity index (χ2n) is 6.69. The van der Waals surface area contributed by atoms with Crippen LogP contribution in [0.4, 0.5) is 8.78 Å². The molecule has 0 aromatic heterocycles. The van der Waals surface area contributed by atoms with Gasteiger partial charge >= 0.3 is 0 Å². The van der Waals surface area contributed by atoms with E-state index < -0.39 is 0 Å². The van der Waals surface area contributed by atoms with Gasteiger partial charge in [-0.05, 0) is 41.8 Å². The van der Waals surface area contributed by atoms with E-state index in [0.29, 0.717) is 44.6 Å². The maximum Gasteiger partial charge on any atom is 0.227 e. The van der Waals surface area contributed by atoms with E-state index >= 15 is 0 Å². The van der Waals surface area contributed by atoms with Gasteiger partial charge in [-0.15, -0.1) is 0 Å². The molecule has 0 radical (unpaired) electrons. The van der Waals surface area contributed by atoms with Crippen molar-refractivity contribution in [3.63, 3.8) is 0 Å². The first-order valence-corrected chi connectivity index (χ1v) is 9.06. The van der Waals surface area contributed by atoms with Gasteiger partial charge in [0, 0.05) is 32.6 Å². The molecule has 0 spiro atoms. The molecule has 0 bridgehead atoms. The van der Waals surface area contributed by atoms with Crippen LogP contribution in [0.3, 0.4) is 0 Å². The number of hydrogen-bond acceptors (Lipinski definition) is 2. The lowest BCUT2D eigenvalue weighted by Crippen LogP contribution is -2.51. The third-order valence-electron chi connectivity index (χ3n) is 4.77. The fourth-order valence-electron chi connectivity index (χ4n) is 3.20. The van der Waals surface area contributed by atoms with Crippen LogP contribution in [0.5, 0.6) is 0 Å². The summed E-state index contributed by atoms with van der Waals surface area (Å²) in [5.74, 6) is -0.656. The molecule has 3 rings (SSSR count). The summed E-state index contributed by atoms with van der Waals surface area (Å²) in [7, 11) is 0. The van der Waals surface area contributed by atoms with Crippen LogP contribution in [0.25, 0.3) is 0 Å². The smallest absolute Gasteiger partial charge is 0.227 e. The number of carbonyl (C=O) groups is 2. The highest BCUT2D eigenvalue weighted by molar-refractivity contribution is 5.80. The average molecular weight is 372 g/mol. The fraction of sp³-hybridized carbons (Fsp3) is 0.333. The van der Waals surface area contributed by atoms with Crippen LogP contribution in [-0.2, 0) is 22.4 Å². The summed E-state index contributed by atoms with van der Waals surface area (Å²) >= 11 is 0. The van der Waals surface area contributed by atoms with Crippen molar-refractivity contribution < 1.29 is 18.4 Å². The zero-order valence-corrected chi connectivity index (χ0v) is 15.0. The van der Waals surface area contributed by atoms with Crippen LogP contribution in [0.15, 0.2) is 48.5 Å². The summed E-state index contributed by atoms with van der Waals surface area (Å²) in [5, 5.41) is 0. The Morgan fingerprint density at radius 2 is 1.41 bits per heavy atom. The van der Waals surface area contributed by atoms with Crippen LogP contribution in [0.1, 0.15) is 17.5 Å². The molecule has 0 aliphatic carbocycles. The topological polar surface area (TPSA) is 40.6 Å². The van der Waals surface area contributed by atoms with E-state index in [4.69, 9.17) is 0 Å². The minimum atomic E-state index is -0.350. The number of amides is 2. The first-order chi connectivity index (χ1) is 13.0. The van der Waals surface area contributed by atoms with Gasteiger partial charge in [0.1, 0.15) is 11.6 Å². The molecule has 6 heteroatoms. The monoisotopic (exact) mass is 372 g/mol. The van der Waals surface area contributed by atoms with E-state index in [2.05, 4.69) is 0 Å². The lowest BCUT2D eigenvalue weighted by Gasteiger charge is -2.35. The first-order valence-electron chi connectivity index (χ1n) is 9.06. The number of aryl methyl sites for hydroxylation is 1. The number of halogens is 2. The third-order valence-corrected chi connectivity index (χ3v) is 4.77. The van der Waals surface area contributed by atoms with Crippen LogP contribution >= 0.6 is 0 Å². The van der Waals surface area contributed by atoms with E-state index in [1.54, 1.807) is 34.1 Å². The van der Waals surface area contributed by atoms with Gasteiger partial charge < -0.3 is 9.80 Å². The molecule has 4 nitrogen and oxygen atoms in total. The number of hydrogen-bond donors (Lipinski definition) is 0. The van der Waals surface area contributed by atoms with Crippen LogP contribution in [0, 0.1) is 11.6 Å². The zero-order valence-electron chi connectivity index (χ0n) is 15.0. The van der Waals surface area contributed by atoms with Crippen molar-refractivity contribution in [1.29, 1.82) is 0 Å². The maximum atomic E-state index is 13.2. The third kappa shape index (κ3) is 5.36. The molecule has 27 heavy (non-hydrogen) atoms. The number of nitrogens with zero attached hydrogens (tertiary/aromatic N) is 2.